The molecule has 0 spiro atoms. The minimum absolute atomic E-state index is 0.0971. The topological polar surface area (TPSA) is 25.5 Å². The Morgan fingerprint density at radius 1 is 1.02 bits per heavy atom. The number of aryl methyl sites for hydroxylation is 3. The van der Waals surface area contributed by atoms with Gasteiger partial charge in [-0.15, -0.1) is 0 Å². The molecule has 216 valence electrons. The number of imidazole rings is 2. The number of rotatable bonds is 8. The molecule has 12 heteroatoms. The van der Waals surface area contributed by atoms with Crippen LogP contribution < -0.4 is 0 Å². The summed E-state index contributed by atoms with van der Waals surface area (Å²) in [7, 11) is 0. The van der Waals surface area contributed by atoms with Gasteiger partial charge in [0.05, 0.1) is 17.8 Å². The summed E-state index contributed by atoms with van der Waals surface area (Å²) in [6.07, 6.45) is -2.96. The van der Waals surface area contributed by atoms with Crippen molar-refractivity contribution in [2.24, 2.45) is 0 Å². The fourth-order valence-corrected chi connectivity index (χ4v) is 5.21. The molecule has 0 radical (unpaired) electrons. The van der Waals surface area contributed by atoms with Gasteiger partial charge in [0.1, 0.15) is 11.0 Å². The number of allylic oxidation sites excluding steroid dienone is 5. The van der Waals surface area contributed by atoms with E-state index in [4.69, 9.17) is 11.6 Å². The molecule has 40 heavy (non-hydrogen) atoms. The highest BCUT2D eigenvalue weighted by molar-refractivity contribution is 6.30. The van der Waals surface area contributed by atoms with E-state index in [2.05, 4.69) is 4.98 Å². The molecule has 0 aliphatic heterocycles. The average molecular weight is 589 g/mol. The summed E-state index contributed by atoms with van der Waals surface area (Å²) in [5.41, 5.74) is 2.23. The molecule has 4 rings (SSSR count). The quantitative estimate of drug-likeness (QED) is 0.247. The first-order valence-electron chi connectivity index (χ1n) is 12.6. The van der Waals surface area contributed by atoms with Gasteiger partial charge in [-0.2, -0.15) is 26.3 Å². The van der Waals surface area contributed by atoms with Crippen LogP contribution in [0.4, 0.5) is 30.7 Å². The number of hydrogen-bond acceptors (Lipinski definition) is 2. The first-order valence-corrected chi connectivity index (χ1v) is 13.0. The summed E-state index contributed by atoms with van der Waals surface area (Å²) < 4.78 is 98.5. The van der Waals surface area contributed by atoms with E-state index >= 15 is 0 Å². The summed E-state index contributed by atoms with van der Waals surface area (Å²) in [5, 5.41) is 0.104. The summed E-state index contributed by atoms with van der Waals surface area (Å²) in [6.45, 7) is 4.49. The number of nitrogens with zero attached hydrogens (tertiary/aromatic N) is 4. The second-order valence-electron chi connectivity index (χ2n) is 9.85. The van der Waals surface area contributed by atoms with Crippen molar-refractivity contribution in [3.8, 4) is 5.69 Å². The molecule has 4 nitrogen and oxygen atoms in total. The third-order valence-electron chi connectivity index (χ3n) is 6.74. The summed E-state index contributed by atoms with van der Waals surface area (Å²) >= 11 is 6.54. The Labute approximate surface area is 232 Å². The molecular weight excluding hydrogens is 561 g/mol. The first-order chi connectivity index (χ1) is 18.7. The second-order valence-corrected chi connectivity index (χ2v) is 10.2. The highest BCUT2D eigenvalue weighted by Gasteiger charge is 2.40. The third-order valence-corrected chi connectivity index (χ3v) is 7.01. The molecular formula is C28H28ClF7N4. The van der Waals surface area contributed by atoms with Crippen LogP contribution in [0.25, 0.3) is 11.5 Å². The zero-order chi connectivity index (χ0) is 29.4. The largest absolute Gasteiger partial charge is 0.435 e. The first kappa shape index (κ1) is 29.9. The molecule has 0 amide bonds. The molecule has 0 N–H and O–H groups in total. The van der Waals surface area contributed by atoms with Gasteiger partial charge in [-0.1, -0.05) is 48.4 Å². The number of fused-ring (bicyclic) bond motifs is 1. The van der Waals surface area contributed by atoms with Gasteiger partial charge in [0.15, 0.2) is 5.69 Å². The smallest absolute Gasteiger partial charge is 0.293 e. The van der Waals surface area contributed by atoms with E-state index in [1.54, 1.807) is 0 Å². The zero-order valence-corrected chi connectivity index (χ0v) is 22.9. The predicted molar refractivity (Wildman–Crippen MR) is 140 cm³/mol. The molecule has 0 unspecified atom stereocenters. The fourth-order valence-electron chi connectivity index (χ4n) is 4.95. The Balaban J connectivity index is 1.82. The Morgan fingerprint density at radius 3 is 2.30 bits per heavy atom. The van der Waals surface area contributed by atoms with Gasteiger partial charge in [-0.25, -0.2) is 9.37 Å². The minimum Gasteiger partial charge on any atom is -0.293 e. The van der Waals surface area contributed by atoms with E-state index in [0.29, 0.717) is 11.3 Å². The third kappa shape index (κ3) is 6.63. The Hall–Kier alpha value is -3.05. The zero-order valence-electron chi connectivity index (χ0n) is 22.1. The lowest BCUT2D eigenvalue weighted by atomic mass is 10.0. The van der Waals surface area contributed by atoms with Crippen LogP contribution >= 0.6 is 11.6 Å². The highest BCUT2D eigenvalue weighted by Crippen LogP contribution is 2.36. The second kappa shape index (κ2) is 11.4. The van der Waals surface area contributed by atoms with E-state index in [1.165, 1.54) is 44.4 Å². The predicted octanol–water partition coefficient (Wildman–Crippen LogP) is 8.47. The van der Waals surface area contributed by atoms with Crippen LogP contribution in [0.15, 0.2) is 54.0 Å². The van der Waals surface area contributed by atoms with Gasteiger partial charge in [0, 0.05) is 25.8 Å². The van der Waals surface area contributed by atoms with Crippen molar-refractivity contribution in [3.05, 3.63) is 87.3 Å². The molecule has 0 bridgehead atoms. The van der Waals surface area contributed by atoms with E-state index in [-0.39, 0.29) is 29.6 Å². The molecule has 0 saturated carbocycles. The summed E-state index contributed by atoms with van der Waals surface area (Å²) in [5.74, 6) is -0.623. The van der Waals surface area contributed by atoms with E-state index in [9.17, 15) is 30.7 Å². The number of benzene rings is 1. The fraction of sp³-hybridized carbons (Fsp3) is 0.393. The van der Waals surface area contributed by atoms with Crippen LogP contribution in [0, 0.1) is 13.8 Å². The molecule has 2 aromatic heterocycles. The van der Waals surface area contributed by atoms with Crippen molar-refractivity contribution in [1.29, 1.82) is 0 Å². The molecule has 1 aliphatic rings. The van der Waals surface area contributed by atoms with E-state index in [0.717, 1.165) is 23.1 Å². The normalized spacial score (nSPS) is 14.7. The molecule has 0 fully saturated rings. The van der Waals surface area contributed by atoms with Gasteiger partial charge in [-0.3, -0.25) is 13.9 Å². The van der Waals surface area contributed by atoms with Crippen LogP contribution in [0.5, 0.6) is 0 Å². The molecule has 2 heterocycles. The van der Waals surface area contributed by atoms with Gasteiger partial charge in [0.25, 0.3) is 0 Å². The van der Waals surface area contributed by atoms with Crippen LogP contribution in [0.1, 0.15) is 47.8 Å². The van der Waals surface area contributed by atoms with Crippen molar-refractivity contribution in [1.82, 2.24) is 18.9 Å². The highest BCUT2D eigenvalue weighted by atomic mass is 35.5. The van der Waals surface area contributed by atoms with Crippen molar-refractivity contribution in [2.45, 2.75) is 58.9 Å². The lowest BCUT2D eigenvalue weighted by molar-refractivity contribution is -0.143. The molecule has 0 atom stereocenters. The standard InChI is InChI=1S/C28H28ClF7N4/c1-4-19-12-17(2)24(18(3)13-19)40-23(29)16-39-22(25(28(34,35)36)37-26(39)40)15-38(11-10-27(31,32)33)14-20-6-5-7-21(30)9-8-20/h5,7-9,12-13,16H,4,6,10-11,14-15H2,1-3H3. The number of halogens is 8. The lowest BCUT2D eigenvalue weighted by Crippen LogP contribution is -2.31. The SMILES string of the molecule is CCc1cc(C)c(-n2c(Cl)cn3c(CN(CCC(F)(F)F)CC4=CC=C(F)C=CC4)c(C(F)(F)F)nc23)c(C)c1. The van der Waals surface area contributed by atoms with E-state index < -0.39 is 43.4 Å². The van der Waals surface area contributed by atoms with Gasteiger partial charge < -0.3 is 0 Å². The van der Waals surface area contributed by atoms with Crippen molar-refractivity contribution >= 4 is 17.4 Å². The van der Waals surface area contributed by atoms with Gasteiger partial charge in [0.2, 0.25) is 5.78 Å². The Kier molecular flexibility index (Phi) is 8.56. The van der Waals surface area contributed by atoms with Gasteiger partial charge in [-0.05, 0) is 55.5 Å². The van der Waals surface area contributed by atoms with Crippen molar-refractivity contribution in [3.63, 3.8) is 0 Å². The molecule has 1 aromatic carbocycles. The molecule has 1 aliphatic carbocycles. The number of aromatic nitrogens is 3. The summed E-state index contributed by atoms with van der Waals surface area (Å²) in [6, 6.07) is 3.85. The Bertz CT molecular complexity index is 1470. The van der Waals surface area contributed by atoms with E-state index in [1.807, 2.05) is 32.9 Å². The average Bonchev–Trinajstić information content (AvgIpc) is 3.26. The number of hydrogen-bond donors (Lipinski definition) is 0. The maximum absolute atomic E-state index is 14.3. The lowest BCUT2D eigenvalue weighted by Gasteiger charge is -2.24. The van der Waals surface area contributed by atoms with Crippen molar-refractivity contribution < 1.29 is 30.7 Å². The van der Waals surface area contributed by atoms with Gasteiger partial charge >= 0.3 is 12.4 Å². The minimum atomic E-state index is -4.87. The Morgan fingerprint density at radius 2 is 1.70 bits per heavy atom. The monoisotopic (exact) mass is 588 g/mol. The molecule has 0 saturated heterocycles. The van der Waals surface area contributed by atoms with Crippen LogP contribution in [-0.2, 0) is 19.1 Å². The van der Waals surface area contributed by atoms with Crippen LogP contribution in [0.2, 0.25) is 5.15 Å². The maximum Gasteiger partial charge on any atom is 0.435 e. The maximum atomic E-state index is 14.3. The molecule has 3 aromatic rings. The summed E-state index contributed by atoms with van der Waals surface area (Å²) in [4.78, 5) is 5.19. The number of alkyl halides is 6. The van der Waals surface area contributed by atoms with Crippen LogP contribution in [-0.4, -0.2) is 38.1 Å². The van der Waals surface area contributed by atoms with Crippen molar-refractivity contribution in [2.75, 3.05) is 13.1 Å². The van der Waals surface area contributed by atoms with Crippen LogP contribution in [0.3, 0.4) is 0 Å².